The number of fused-ring (bicyclic) bond motifs is 1. The van der Waals surface area contributed by atoms with Gasteiger partial charge in [0, 0.05) is 23.9 Å². The van der Waals surface area contributed by atoms with Crippen molar-refractivity contribution in [3.05, 3.63) is 69.8 Å². The van der Waals surface area contributed by atoms with E-state index in [1.807, 2.05) is 0 Å². The zero-order valence-corrected chi connectivity index (χ0v) is 18.7. The lowest BCUT2D eigenvalue weighted by molar-refractivity contribution is -0.137. The monoisotopic (exact) mass is 479 g/mol. The fraction of sp³-hybridized carbons (Fsp3) is 0.375. The fourth-order valence-electron chi connectivity index (χ4n) is 4.13. The van der Waals surface area contributed by atoms with E-state index in [-0.39, 0.29) is 28.2 Å². The zero-order chi connectivity index (χ0) is 25.1. The van der Waals surface area contributed by atoms with Crippen molar-refractivity contribution in [1.82, 2.24) is 9.97 Å². The van der Waals surface area contributed by atoms with Gasteiger partial charge in [-0.05, 0) is 56.9 Å². The number of aromatic amines is 1. The number of rotatable bonds is 3. The third-order valence-electron chi connectivity index (χ3n) is 5.76. The minimum atomic E-state index is -4.30. The summed E-state index contributed by atoms with van der Waals surface area (Å²) in [7, 11) is 1.33. The molecule has 1 aromatic carbocycles. The SMILES string of the molecule is CC1(F)CCC[C@H](c2cc(=O)c3c(C(N)=O)nccc3[nH]2)C1.COc1cccc(C(F)(F)F)c1. The molecule has 1 saturated carbocycles. The van der Waals surface area contributed by atoms with Gasteiger partial charge in [-0.15, -0.1) is 0 Å². The van der Waals surface area contributed by atoms with Gasteiger partial charge >= 0.3 is 6.18 Å². The molecule has 34 heavy (non-hydrogen) atoms. The van der Waals surface area contributed by atoms with Crippen LogP contribution in [0, 0.1) is 0 Å². The van der Waals surface area contributed by atoms with Crippen LogP contribution in [-0.4, -0.2) is 28.7 Å². The van der Waals surface area contributed by atoms with Crippen molar-refractivity contribution in [2.45, 2.75) is 50.4 Å². The molecule has 6 nitrogen and oxygen atoms in total. The molecule has 2 atom stereocenters. The van der Waals surface area contributed by atoms with Crippen molar-refractivity contribution in [3.63, 3.8) is 0 Å². The average molecular weight is 479 g/mol. The van der Waals surface area contributed by atoms with Gasteiger partial charge in [0.25, 0.3) is 5.91 Å². The van der Waals surface area contributed by atoms with Crippen molar-refractivity contribution >= 4 is 16.8 Å². The maximum atomic E-state index is 14.2. The molecule has 0 saturated heterocycles. The van der Waals surface area contributed by atoms with Crippen LogP contribution in [0.3, 0.4) is 0 Å². The van der Waals surface area contributed by atoms with Crippen LogP contribution in [0.4, 0.5) is 17.6 Å². The second kappa shape index (κ2) is 9.82. The number of pyridine rings is 2. The summed E-state index contributed by atoms with van der Waals surface area (Å²) in [6.07, 6.45) is -0.286. The van der Waals surface area contributed by atoms with Crippen molar-refractivity contribution in [3.8, 4) is 5.75 Å². The first-order chi connectivity index (χ1) is 15.9. The van der Waals surface area contributed by atoms with Crippen LogP contribution in [0.2, 0.25) is 0 Å². The van der Waals surface area contributed by atoms with Crippen LogP contribution in [0.1, 0.15) is 60.3 Å². The number of nitrogens with two attached hydrogens (primary N) is 1. The van der Waals surface area contributed by atoms with Gasteiger partial charge in [0.05, 0.1) is 23.6 Å². The number of hydrogen-bond donors (Lipinski definition) is 2. The number of methoxy groups -OCH3 is 1. The molecule has 1 amide bonds. The molecule has 0 bridgehead atoms. The first-order valence-corrected chi connectivity index (χ1v) is 10.6. The molecule has 1 aliphatic rings. The number of carbonyl (C=O) groups is 1. The molecule has 3 aromatic rings. The van der Waals surface area contributed by atoms with Gasteiger partial charge in [0.2, 0.25) is 0 Å². The number of carbonyl (C=O) groups excluding carboxylic acids is 1. The summed E-state index contributed by atoms with van der Waals surface area (Å²) in [4.78, 5) is 30.8. The molecule has 1 aliphatic carbocycles. The predicted octanol–water partition coefficient (Wildman–Crippen LogP) is 5.12. The van der Waals surface area contributed by atoms with E-state index >= 15 is 0 Å². The Bertz CT molecular complexity index is 1240. The normalized spacial score (nSPS) is 20.4. The van der Waals surface area contributed by atoms with Crippen molar-refractivity contribution in [1.29, 1.82) is 0 Å². The molecular formula is C24H25F4N3O3. The van der Waals surface area contributed by atoms with Gasteiger partial charge in [0.1, 0.15) is 17.1 Å². The van der Waals surface area contributed by atoms with Crippen LogP contribution in [-0.2, 0) is 6.18 Å². The van der Waals surface area contributed by atoms with Crippen LogP contribution < -0.4 is 15.9 Å². The Labute approximate surface area is 193 Å². The summed E-state index contributed by atoms with van der Waals surface area (Å²) in [5, 5.41) is 0.192. The summed E-state index contributed by atoms with van der Waals surface area (Å²) in [5.74, 6) is -0.547. The van der Waals surface area contributed by atoms with E-state index in [4.69, 9.17) is 5.73 Å². The molecule has 1 unspecified atom stereocenters. The molecule has 1 fully saturated rings. The Morgan fingerprint density at radius 1 is 1.26 bits per heavy atom. The third-order valence-corrected chi connectivity index (χ3v) is 5.76. The standard InChI is InChI=1S/C16H18FN3O2.C8H7F3O/c1-16(17)5-2-3-9(8-16)11-7-12(21)13-10(20-11)4-6-19-14(13)15(18)22;1-12-7-4-2-3-6(5-7)8(9,10)11/h4,6-7,9H,2-3,5,8H2,1H3,(H2,18,22)(H,20,21);2-5H,1H3/t9-,16?;/m0./s1. The molecule has 0 spiro atoms. The Kier molecular flexibility index (Phi) is 7.28. The summed E-state index contributed by atoms with van der Waals surface area (Å²) in [6.45, 7) is 1.60. The lowest BCUT2D eigenvalue weighted by Crippen LogP contribution is -2.27. The quantitative estimate of drug-likeness (QED) is 0.510. The number of hydrogen-bond acceptors (Lipinski definition) is 4. The van der Waals surface area contributed by atoms with Crippen LogP contribution >= 0.6 is 0 Å². The van der Waals surface area contributed by atoms with E-state index < -0.39 is 23.3 Å². The number of primary amides is 1. The number of alkyl halides is 4. The predicted molar refractivity (Wildman–Crippen MR) is 120 cm³/mol. The summed E-state index contributed by atoms with van der Waals surface area (Å²) >= 11 is 0. The van der Waals surface area contributed by atoms with Gasteiger partial charge in [0.15, 0.2) is 5.43 Å². The molecule has 182 valence electrons. The molecule has 3 N–H and O–H groups in total. The van der Waals surface area contributed by atoms with E-state index in [1.165, 1.54) is 31.5 Å². The maximum Gasteiger partial charge on any atom is 0.416 e. The second-order valence-corrected chi connectivity index (χ2v) is 8.47. The number of nitrogens with zero attached hydrogens (tertiary/aromatic N) is 1. The zero-order valence-electron chi connectivity index (χ0n) is 18.7. The van der Waals surface area contributed by atoms with E-state index in [0.717, 1.165) is 25.0 Å². The highest BCUT2D eigenvalue weighted by atomic mass is 19.4. The first kappa shape index (κ1) is 25.2. The van der Waals surface area contributed by atoms with Gasteiger partial charge in [-0.1, -0.05) is 6.07 Å². The third kappa shape index (κ3) is 5.92. The number of aromatic nitrogens is 2. The van der Waals surface area contributed by atoms with Gasteiger partial charge < -0.3 is 15.5 Å². The van der Waals surface area contributed by atoms with Crippen LogP contribution in [0.15, 0.2) is 47.4 Å². The van der Waals surface area contributed by atoms with Crippen LogP contribution in [0.25, 0.3) is 10.9 Å². The van der Waals surface area contributed by atoms with Gasteiger partial charge in [-0.3, -0.25) is 14.6 Å². The molecular weight excluding hydrogens is 454 g/mol. The van der Waals surface area contributed by atoms with Crippen molar-refractivity contribution in [2.75, 3.05) is 7.11 Å². The second-order valence-electron chi connectivity index (χ2n) is 8.47. The van der Waals surface area contributed by atoms with Crippen molar-refractivity contribution in [2.24, 2.45) is 5.73 Å². The molecule has 0 radical (unpaired) electrons. The number of nitrogens with one attached hydrogen (secondary N) is 1. The van der Waals surface area contributed by atoms with Gasteiger partial charge in [-0.25, -0.2) is 4.39 Å². The number of halogens is 4. The lowest BCUT2D eigenvalue weighted by atomic mass is 9.78. The number of ether oxygens (including phenoxy) is 1. The highest BCUT2D eigenvalue weighted by molar-refractivity contribution is 6.03. The van der Waals surface area contributed by atoms with E-state index in [2.05, 4.69) is 14.7 Å². The smallest absolute Gasteiger partial charge is 0.416 e. The fourth-order valence-corrected chi connectivity index (χ4v) is 4.13. The van der Waals surface area contributed by atoms with Crippen LogP contribution in [0.5, 0.6) is 5.75 Å². The number of benzene rings is 1. The van der Waals surface area contributed by atoms with E-state index in [9.17, 15) is 27.2 Å². The Morgan fingerprint density at radius 3 is 2.62 bits per heavy atom. The Morgan fingerprint density at radius 2 is 2.00 bits per heavy atom. The molecule has 4 rings (SSSR count). The largest absolute Gasteiger partial charge is 0.497 e. The summed E-state index contributed by atoms with van der Waals surface area (Å²) in [5.41, 5.74) is 4.24. The van der Waals surface area contributed by atoms with Gasteiger partial charge in [-0.2, -0.15) is 13.2 Å². The molecule has 10 heteroatoms. The topological polar surface area (TPSA) is 98.1 Å². The number of amides is 1. The molecule has 0 aliphatic heterocycles. The summed E-state index contributed by atoms with van der Waals surface area (Å²) in [6, 6.07) is 7.81. The minimum Gasteiger partial charge on any atom is -0.497 e. The average Bonchev–Trinajstić information content (AvgIpc) is 2.77. The Hall–Kier alpha value is -3.43. The number of H-pyrrole nitrogens is 1. The first-order valence-electron chi connectivity index (χ1n) is 10.6. The maximum absolute atomic E-state index is 14.2. The van der Waals surface area contributed by atoms with Crippen molar-refractivity contribution < 1.29 is 27.1 Å². The summed E-state index contributed by atoms with van der Waals surface area (Å²) < 4.78 is 55.0. The highest BCUT2D eigenvalue weighted by Gasteiger charge is 2.33. The minimum absolute atomic E-state index is 0.0222. The van der Waals surface area contributed by atoms with E-state index in [1.54, 1.807) is 13.0 Å². The highest BCUT2D eigenvalue weighted by Crippen LogP contribution is 2.40. The molecule has 2 heterocycles. The van der Waals surface area contributed by atoms with E-state index in [0.29, 0.717) is 24.1 Å². The Balaban J connectivity index is 0.000000229. The molecule has 2 aromatic heterocycles. The lowest BCUT2D eigenvalue weighted by Gasteiger charge is -2.32.